The highest BCUT2D eigenvalue weighted by molar-refractivity contribution is 5.69. The van der Waals surface area contributed by atoms with Crippen LogP contribution < -0.4 is 0 Å². The number of esters is 1. The van der Waals surface area contributed by atoms with Gasteiger partial charge in [-0.15, -0.1) is 6.58 Å². The van der Waals surface area contributed by atoms with Crippen LogP contribution in [0, 0.1) is 46.3 Å². The maximum atomic E-state index is 11.7. The van der Waals surface area contributed by atoms with Crippen molar-refractivity contribution in [2.75, 3.05) is 7.11 Å². The maximum absolute atomic E-state index is 11.7. The van der Waals surface area contributed by atoms with Gasteiger partial charge in [-0.3, -0.25) is 4.79 Å². The summed E-state index contributed by atoms with van der Waals surface area (Å²) in [6.07, 6.45) is 8.90. The van der Waals surface area contributed by atoms with Crippen LogP contribution in [-0.2, 0) is 9.53 Å². The normalized spacial score (nSPS) is 50.0. The summed E-state index contributed by atoms with van der Waals surface area (Å²) >= 11 is 0. The van der Waals surface area contributed by atoms with E-state index in [9.17, 15) is 20.1 Å². The summed E-state index contributed by atoms with van der Waals surface area (Å²) < 4.78 is 4.85. The SMILES string of the molecule is C=CC[C@@]1(O)CC[C@@]2(C)[C@H](C[C@@H](O)[C@@H]3[C@@H]2C[C@H](O)[C@]2(C)[C@@H]([C@H](C)CCC(=O)OC)CC[C@@H]32)C1. The Balaban J connectivity index is 1.57. The monoisotopic (exact) mass is 462 g/mol. The molecule has 0 aromatic rings. The number of carbonyl (C=O) groups excluding carboxylic acids is 1. The highest BCUT2D eigenvalue weighted by Gasteiger charge is 2.66. The van der Waals surface area contributed by atoms with Crippen molar-refractivity contribution >= 4 is 5.97 Å². The highest BCUT2D eigenvalue weighted by atomic mass is 16.5. The number of fused-ring (bicyclic) bond motifs is 5. The average molecular weight is 463 g/mol. The van der Waals surface area contributed by atoms with Crippen LogP contribution in [0.3, 0.4) is 0 Å². The molecular formula is C28H46O5. The number of rotatable bonds is 6. The van der Waals surface area contributed by atoms with E-state index in [4.69, 9.17) is 4.74 Å². The minimum Gasteiger partial charge on any atom is -0.469 e. The first-order valence-electron chi connectivity index (χ1n) is 13.3. The predicted molar refractivity (Wildman–Crippen MR) is 128 cm³/mol. The van der Waals surface area contributed by atoms with Gasteiger partial charge in [0.15, 0.2) is 0 Å². The van der Waals surface area contributed by atoms with E-state index in [0.29, 0.717) is 30.6 Å². The van der Waals surface area contributed by atoms with Crippen LogP contribution in [0.1, 0.15) is 85.0 Å². The lowest BCUT2D eigenvalue weighted by Gasteiger charge is -2.64. The molecule has 5 nitrogen and oxygen atoms in total. The Labute approximate surface area is 200 Å². The molecule has 0 radical (unpaired) electrons. The zero-order valence-electron chi connectivity index (χ0n) is 21.1. The van der Waals surface area contributed by atoms with Gasteiger partial charge in [0.1, 0.15) is 0 Å². The van der Waals surface area contributed by atoms with Gasteiger partial charge in [0.2, 0.25) is 0 Å². The minimum absolute atomic E-state index is 0.0498. The fraction of sp³-hybridized carbons (Fsp3) is 0.893. The summed E-state index contributed by atoms with van der Waals surface area (Å²) in [7, 11) is 1.44. The second kappa shape index (κ2) is 8.95. The maximum Gasteiger partial charge on any atom is 0.305 e. The molecule has 4 fully saturated rings. The first kappa shape index (κ1) is 25.2. The van der Waals surface area contributed by atoms with Crippen molar-refractivity contribution in [2.24, 2.45) is 46.3 Å². The van der Waals surface area contributed by atoms with Crippen LogP contribution in [0.5, 0.6) is 0 Å². The summed E-state index contributed by atoms with van der Waals surface area (Å²) in [5, 5.41) is 34.3. The second-order valence-electron chi connectivity index (χ2n) is 12.6. The lowest BCUT2D eigenvalue weighted by molar-refractivity contribution is -0.215. The molecule has 4 aliphatic carbocycles. The van der Waals surface area contributed by atoms with E-state index in [1.807, 2.05) is 6.08 Å². The molecule has 5 heteroatoms. The Morgan fingerprint density at radius 2 is 1.91 bits per heavy atom. The molecule has 0 aromatic heterocycles. The Morgan fingerprint density at radius 1 is 1.18 bits per heavy atom. The van der Waals surface area contributed by atoms with Crippen molar-refractivity contribution in [2.45, 2.75) is 103 Å². The number of hydrogen-bond donors (Lipinski definition) is 3. The Morgan fingerprint density at radius 3 is 2.58 bits per heavy atom. The molecule has 188 valence electrons. The molecule has 3 N–H and O–H groups in total. The van der Waals surface area contributed by atoms with Gasteiger partial charge in [0.05, 0.1) is 24.9 Å². The summed E-state index contributed by atoms with van der Waals surface area (Å²) in [6, 6.07) is 0. The molecule has 4 aliphatic rings. The van der Waals surface area contributed by atoms with Crippen LogP contribution >= 0.6 is 0 Å². The predicted octanol–water partition coefficient (Wildman–Crippen LogP) is 4.48. The molecule has 0 amide bonds. The second-order valence-corrected chi connectivity index (χ2v) is 12.6. The van der Waals surface area contributed by atoms with Gasteiger partial charge in [-0.1, -0.05) is 26.8 Å². The Hall–Kier alpha value is -0.910. The summed E-state index contributed by atoms with van der Waals surface area (Å²) in [6.45, 7) is 10.7. The van der Waals surface area contributed by atoms with Crippen LogP contribution in [0.4, 0.5) is 0 Å². The fourth-order valence-electron chi connectivity index (χ4n) is 9.32. The standard InChI is InChI=1S/C28H46O5/c1-6-11-28(32)13-12-26(3)18(16-28)14-22(29)25-20-9-8-19(17(2)7-10-24(31)33-5)27(20,4)23(30)15-21(25)26/h6,17-23,25,29-30,32H,1,7-16H2,2-5H3/t17-,18-,19-,20+,21+,22-,23+,25+,26+,27-,28-/m1/s1. The molecule has 4 saturated carbocycles. The van der Waals surface area contributed by atoms with Crippen LogP contribution in [0.2, 0.25) is 0 Å². The number of ether oxygens (including phenoxy) is 1. The molecule has 0 bridgehead atoms. The quantitative estimate of drug-likeness (QED) is 0.400. The van der Waals surface area contributed by atoms with Crippen molar-refractivity contribution in [1.82, 2.24) is 0 Å². The third-order valence-corrected chi connectivity index (χ3v) is 11.3. The van der Waals surface area contributed by atoms with Gasteiger partial charge in [-0.05, 0) is 104 Å². The van der Waals surface area contributed by atoms with E-state index in [-0.39, 0.29) is 40.7 Å². The molecule has 4 rings (SSSR count). The van der Waals surface area contributed by atoms with Gasteiger partial charge < -0.3 is 20.1 Å². The van der Waals surface area contributed by atoms with Crippen molar-refractivity contribution in [3.63, 3.8) is 0 Å². The van der Waals surface area contributed by atoms with Crippen molar-refractivity contribution < 1.29 is 24.9 Å². The van der Waals surface area contributed by atoms with Gasteiger partial charge in [0.25, 0.3) is 0 Å². The number of methoxy groups -OCH3 is 1. The van der Waals surface area contributed by atoms with E-state index in [1.54, 1.807) is 0 Å². The molecule has 11 atom stereocenters. The number of aliphatic hydroxyl groups is 3. The largest absolute Gasteiger partial charge is 0.469 e. The van der Waals surface area contributed by atoms with Gasteiger partial charge in [-0.25, -0.2) is 0 Å². The van der Waals surface area contributed by atoms with E-state index in [2.05, 4.69) is 27.4 Å². The third-order valence-electron chi connectivity index (χ3n) is 11.3. The first-order valence-corrected chi connectivity index (χ1v) is 13.3. The first-order chi connectivity index (χ1) is 15.5. The summed E-state index contributed by atoms with van der Waals surface area (Å²) in [5.41, 5.74) is -0.874. The van der Waals surface area contributed by atoms with E-state index >= 15 is 0 Å². The van der Waals surface area contributed by atoms with Gasteiger partial charge in [-0.2, -0.15) is 0 Å². The van der Waals surface area contributed by atoms with Crippen LogP contribution in [-0.4, -0.2) is 46.2 Å². The van der Waals surface area contributed by atoms with Crippen molar-refractivity contribution in [3.05, 3.63) is 12.7 Å². The van der Waals surface area contributed by atoms with E-state index in [1.165, 1.54) is 7.11 Å². The molecule has 0 heterocycles. The van der Waals surface area contributed by atoms with Crippen LogP contribution in [0.25, 0.3) is 0 Å². The Bertz CT molecular complexity index is 753. The molecule has 0 saturated heterocycles. The summed E-state index contributed by atoms with van der Waals surface area (Å²) in [4.78, 5) is 11.7. The third kappa shape index (κ3) is 4.00. The molecule has 0 spiro atoms. The van der Waals surface area contributed by atoms with E-state index in [0.717, 1.165) is 51.4 Å². The number of aliphatic hydroxyl groups excluding tert-OH is 2. The topological polar surface area (TPSA) is 87.0 Å². The molecule has 0 aromatic carbocycles. The van der Waals surface area contributed by atoms with Crippen LogP contribution in [0.15, 0.2) is 12.7 Å². The number of hydrogen-bond acceptors (Lipinski definition) is 5. The van der Waals surface area contributed by atoms with Gasteiger partial charge in [0, 0.05) is 6.42 Å². The highest BCUT2D eigenvalue weighted by Crippen LogP contribution is 2.69. The fourth-order valence-corrected chi connectivity index (χ4v) is 9.32. The average Bonchev–Trinajstić information content (AvgIpc) is 3.12. The zero-order chi connectivity index (χ0) is 24.2. The molecule has 33 heavy (non-hydrogen) atoms. The zero-order valence-corrected chi connectivity index (χ0v) is 21.1. The van der Waals surface area contributed by atoms with Crippen molar-refractivity contribution in [3.8, 4) is 0 Å². The molecule has 0 unspecified atom stereocenters. The van der Waals surface area contributed by atoms with Crippen molar-refractivity contribution in [1.29, 1.82) is 0 Å². The number of carbonyl (C=O) groups is 1. The lowest BCUT2D eigenvalue weighted by atomic mass is 9.42. The summed E-state index contributed by atoms with van der Waals surface area (Å²) in [5.74, 6) is 1.60. The van der Waals surface area contributed by atoms with Gasteiger partial charge >= 0.3 is 5.97 Å². The molecule has 0 aliphatic heterocycles. The molecular weight excluding hydrogens is 416 g/mol. The Kier molecular flexibility index (Phi) is 6.83. The minimum atomic E-state index is -0.701. The lowest BCUT2D eigenvalue weighted by Crippen LogP contribution is -2.63. The van der Waals surface area contributed by atoms with E-state index < -0.39 is 11.7 Å². The smallest absolute Gasteiger partial charge is 0.305 e.